The number of nitrogens with zero attached hydrogens (tertiary/aromatic N) is 1. The van der Waals surface area contributed by atoms with E-state index >= 15 is 0 Å². The van der Waals surface area contributed by atoms with Crippen molar-refractivity contribution in [3.63, 3.8) is 0 Å². The third-order valence-electron chi connectivity index (χ3n) is 2.74. The van der Waals surface area contributed by atoms with Crippen molar-refractivity contribution in [3.05, 3.63) is 47.0 Å². The van der Waals surface area contributed by atoms with Gasteiger partial charge in [-0.25, -0.2) is 13.9 Å². The molecule has 2 rings (SSSR count). The first-order valence-electron chi connectivity index (χ1n) is 7.32. The van der Waals surface area contributed by atoms with Crippen LogP contribution in [-0.2, 0) is 11.0 Å². The molecule has 0 amide bonds. The quantitative estimate of drug-likeness (QED) is 0.888. The molecule has 0 aliphatic heterocycles. The highest BCUT2D eigenvalue weighted by Gasteiger charge is 2.25. The molecule has 1 heterocycles. The fourth-order valence-corrected chi connectivity index (χ4v) is 3.32. The average molecular weight is 340 g/mol. The third kappa shape index (κ3) is 5.19. The molecule has 0 saturated heterocycles. The largest absolute Gasteiger partial charge is 0.375 e. The zero-order chi connectivity index (χ0) is 16.8. The number of benzene rings is 1. The second-order valence-corrected chi connectivity index (χ2v) is 8.54. The summed E-state index contributed by atoms with van der Waals surface area (Å²) in [6.07, 6.45) is 1.74. The van der Waals surface area contributed by atoms with E-state index in [1.54, 1.807) is 6.20 Å². The smallest absolute Gasteiger partial charge is 0.180 e. The number of nitrogen functional groups attached to an aromatic ring is 1. The number of hydrogen-bond acceptors (Lipinski definition) is 4. The number of nitrogens with one attached hydrogen (secondary N) is 1. The Morgan fingerprint density at radius 1 is 1.23 bits per heavy atom. The Morgan fingerprint density at radius 2 is 1.82 bits per heavy atom. The van der Waals surface area contributed by atoms with Gasteiger partial charge in [-0.1, -0.05) is 44.2 Å². The van der Waals surface area contributed by atoms with Crippen LogP contribution in [0.1, 0.15) is 51.1 Å². The number of hydrogen-bond donors (Lipinski definition) is 2. The number of rotatable bonds is 4. The maximum absolute atomic E-state index is 12.4. The first-order chi connectivity index (χ1) is 10.4. The number of nitrogens with two attached hydrogens (primary N) is 1. The number of anilines is 1. The van der Waals surface area contributed by atoms with Crippen LogP contribution >= 0.6 is 11.3 Å². The van der Waals surface area contributed by atoms with Crippen LogP contribution in [0.4, 0.5) is 5.13 Å². The molecule has 4 nitrogen and oxygen atoms in total. The molecule has 1 aromatic heterocycles. The molecule has 0 fully saturated rings. The average Bonchev–Trinajstić information content (AvgIpc) is 2.92. The molecule has 2 atom stereocenters. The maximum atomic E-state index is 12.4. The molecule has 2 aromatic rings. The molecule has 3 N–H and O–H groups in total. The second-order valence-electron chi connectivity index (χ2n) is 5.44. The highest BCUT2D eigenvalue weighted by molar-refractivity contribution is 7.84. The van der Waals surface area contributed by atoms with Crippen molar-refractivity contribution in [2.75, 3.05) is 5.73 Å². The van der Waals surface area contributed by atoms with Crippen molar-refractivity contribution in [1.82, 2.24) is 9.71 Å². The summed E-state index contributed by atoms with van der Waals surface area (Å²) < 4.78 is 15.2. The van der Waals surface area contributed by atoms with Crippen molar-refractivity contribution in [2.24, 2.45) is 0 Å². The molecule has 122 valence electrons. The van der Waals surface area contributed by atoms with E-state index in [4.69, 9.17) is 5.73 Å². The third-order valence-corrected chi connectivity index (χ3v) is 5.19. The highest BCUT2D eigenvalue weighted by Crippen LogP contribution is 2.29. The van der Waals surface area contributed by atoms with Crippen molar-refractivity contribution in [3.8, 4) is 0 Å². The van der Waals surface area contributed by atoms with Crippen LogP contribution in [0.3, 0.4) is 0 Å². The summed E-state index contributed by atoms with van der Waals surface area (Å²) in [4.78, 5) is 5.05. The van der Waals surface area contributed by atoms with E-state index < -0.39 is 11.0 Å². The van der Waals surface area contributed by atoms with E-state index in [1.165, 1.54) is 11.3 Å². The van der Waals surface area contributed by atoms with Gasteiger partial charge in [-0.2, -0.15) is 0 Å². The summed E-state index contributed by atoms with van der Waals surface area (Å²) in [6, 6.07) is 9.75. The summed E-state index contributed by atoms with van der Waals surface area (Å²) in [5.41, 5.74) is 6.76. The van der Waals surface area contributed by atoms with Gasteiger partial charge in [0, 0.05) is 11.1 Å². The fraction of sp³-hybridized carbons (Fsp3) is 0.438. The molecule has 22 heavy (non-hydrogen) atoms. The van der Waals surface area contributed by atoms with Gasteiger partial charge in [-0.05, 0) is 26.3 Å². The van der Waals surface area contributed by atoms with E-state index in [1.807, 2.05) is 65.0 Å². The van der Waals surface area contributed by atoms with Crippen LogP contribution in [0, 0.1) is 0 Å². The predicted molar refractivity (Wildman–Crippen MR) is 97.2 cm³/mol. The minimum Gasteiger partial charge on any atom is -0.375 e. The van der Waals surface area contributed by atoms with Gasteiger partial charge >= 0.3 is 0 Å². The fourth-order valence-electron chi connectivity index (χ4n) is 1.65. The first-order valence-corrected chi connectivity index (χ1v) is 9.29. The monoisotopic (exact) mass is 339 g/mol. The van der Waals surface area contributed by atoms with Gasteiger partial charge < -0.3 is 5.73 Å². The molecule has 0 unspecified atom stereocenters. The minimum absolute atomic E-state index is 0.161. The Hall–Kier alpha value is -1.24. The molecule has 0 bridgehead atoms. The van der Waals surface area contributed by atoms with E-state index in [0.29, 0.717) is 5.13 Å². The van der Waals surface area contributed by atoms with E-state index in [9.17, 15) is 4.21 Å². The highest BCUT2D eigenvalue weighted by atomic mass is 32.2. The molecule has 1 aromatic carbocycles. The van der Waals surface area contributed by atoms with Crippen LogP contribution in [0.5, 0.6) is 0 Å². The molecule has 0 saturated carbocycles. The summed E-state index contributed by atoms with van der Waals surface area (Å²) in [7, 11) is -1.17. The van der Waals surface area contributed by atoms with Gasteiger partial charge in [0.25, 0.3) is 0 Å². The van der Waals surface area contributed by atoms with Gasteiger partial charge in [0.2, 0.25) is 0 Å². The molecule has 6 heteroatoms. The molecule has 0 spiro atoms. The molecular formula is C16H25N3OS2. The van der Waals surface area contributed by atoms with Gasteiger partial charge in [0.1, 0.15) is 0 Å². The lowest BCUT2D eigenvalue weighted by molar-refractivity contribution is 0.625. The van der Waals surface area contributed by atoms with Gasteiger partial charge in [0.15, 0.2) is 5.13 Å². The van der Waals surface area contributed by atoms with E-state index in [2.05, 4.69) is 9.71 Å². The van der Waals surface area contributed by atoms with Crippen molar-refractivity contribution in [2.45, 2.75) is 45.4 Å². The summed E-state index contributed by atoms with van der Waals surface area (Å²) >= 11 is 1.41. The normalized spacial score (nSPS) is 13.9. The summed E-state index contributed by atoms with van der Waals surface area (Å²) in [5.74, 6) is 0. The topological polar surface area (TPSA) is 68.0 Å². The van der Waals surface area contributed by atoms with Crippen molar-refractivity contribution >= 4 is 27.5 Å². The Bertz CT molecular complexity index is 591. The lowest BCUT2D eigenvalue weighted by atomic mass is 10.1. The Labute approximate surface area is 139 Å². The van der Waals surface area contributed by atoms with Crippen LogP contribution in [-0.4, -0.2) is 13.9 Å². The number of thiazole rings is 1. The zero-order valence-electron chi connectivity index (χ0n) is 13.8. The van der Waals surface area contributed by atoms with Crippen molar-refractivity contribution < 1.29 is 4.21 Å². The van der Waals surface area contributed by atoms with Gasteiger partial charge in [0.05, 0.1) is 21.8 Å². The summed E-state index contributed by atoms with van der Waals surface area (Å²) in [5, 5.41) is 0.518. The first kappa shape index (κ1) is 18.8. The lowest BCUT2D eigenvalue weighted by Gasteiger charge is -2.23. The zero-order valence-corrected chi connectivity index (χ0v) is 15.4. The van der Waals surface area contributed by atoms with Crippen LogP contribution < -0.4 is 10.5 Å². The van der Waals surface area contributed by atoms with Gasteiger partial charge in [-0.3, -0.25) is 0 Å². The molecule has 0 radical (unpaired) electrons. The Morgan fingerprint density at radius 3 is 2.27 bits per heavy atom. The SMILES string of the molecule is CC.CC(C)(C)[S@](=O)N[C@@H](c1ccccc1)c1cnc(N)s1. The van der Waals surface area contributed by atoms with Crippen molar-refractivity contribution in [1.29, 1.82) is 0 Å². The summed E-state index contributed by atoms with van der Waals surface area (Å²) in [6.45, 7) is 9.83. The molecule has 0 aliphatic carbocycles. The second kappa shape index (κ2) is 8.41. The Kier molecular flexibility index (Phi) is 7.19. The van der Waals surface area contributed by atoms with Crippen LogP contribution in [0.25, 0.3) is 0 Å². The van der Waals surface area contributed by atoms with E-state index in [-0.39, 0.29) is 10.8 Å². The number of aromatic nitrogens is 1. The Balaban J connectivity index is 0.00000116. The van der Waals surface area contributed by atoms with Crippen LogP contribution in [0.2, 0.25) is 0 Å². The minimum atomic E-state index is -1.17. The molecular weight excluding hydrogens is 314 g/mol. The lowest BCUT2D eigenvalue weighted by Crippen LogP contribution is -2.35. The predicted octanol–water partition coefficient (Wildman–Crippen LogP) is 3.89. The van der Waals surface area contributed by atoms with Crippen LogP contribution in [0.15, 0.2) is 36.5 Å². The van der Waals surface area contributed by atoms with Gasteiger partial charge in [-0.15, -0.1) is 11.3 Å². The maximum Gasteiger partial charge on any atom is 0.180 e. The van der Waals surface area contributed by atoms with E-state index in [0.717, 1.165) is 10.4 Å². The standard InChI is InChI=1S/C14H19N3OS2.C2H6/c1-14(2,3)20(18)17-12(10-7-5-4-6-8-10)11-9-16-13(15)19-11;1-2/h4-9,12,17H,1-3H3,(H2,15,16);1-2H3/t12-,20-;/m0./s1. The molecule has 0 aliphatic rings.